The molecule has 164 valence electrons. The zero-order valence-electron chi connectivity index (χ0n) is 18.2. The minimum Gasteiger partial charge on any atom is -0.496 e. The molecule has 0 aliphatic heterocycles. The van der Waals surface area contributed by atoms with Gasteiger partial charge in [0, 0.05) is 11.1 Å². The van der Waals surface area contributed by atoms with Crippen molar-refractivity contribution in [1.82, 2.24) is 4.57 Å². The molecule has 0 amide bonds. The Labute approximate surface area is 195 Å². The molecular formula is C26H24BrNO4. The van der Waals surface area contributed by atoms with Crippen LogP contribution < -0.4 is 9.47 Å². The number of rotatable bonds is 7. The molecule has 0 saturated carbocycles. The fourth-order valence-electron chi connectivity index (χ4n) is 3.72. The molecule has 0 N–H and O–H groups in total. The van der Waals surface area contributed by atoms with E-state index in [0.717, 1.165) is 32.4 Å². The topological polar surface area (TPSA) is 49.7 Å². The third-order valence-electron chi connectivity index (χ3n) is 5.23. The molecule has 5 nitrogen and oxygen atoms in total. The van der Waals surface area contributed by atoms with Gasteiger partial charge in [0.2, 0.25) is 0 Å². The van der Waals surface area contributed by atoms with Gasteiger partial charge in [-0.1, -0.05) is 35.9 Å². The second kappa shape index (κ2) is 9.49. The third kappa shape index (κ3) is 4.23. The lowest BCUT2D eigenvalue weighted by molar-refractivity contribution is 0.0525. The average molecular weight is 494 g/mol. The standard InChI is InChI=1S/C26H24BrNO4/c1-4-31-26(29)25-20-14-24(30-3)21(27)15-22(20)28(18-12-10-17(2)11-13-18)23(25)16-32-19-8-6-5-7-9-19/h5-15H,4,16H2,1-3H3. The molecule has 0 unspecified atom stereocenters. The maximum Gasteiger partial charge on any atom is 0.340 e. The Morgan fingerprint density at radius 3 is 2.41 bits per heavy atom. The second-order valence-corrected chi connectivity index (χ2v) is 8.17. The molecule has 0 radical (unpaired) electrons. The zero-order valence-corrected chi connectivity index (χ0v) is 19.8. The number of hydrogen-bond acceptors (Lipinski definition) is 4. The molecule has 4 rings (SSSR count). The maximum absolute atomic E-state index is 13.1. The number of halogens is 1. The molecule has 1 heterocycles. The smallest absolute Gasteiger partial charge is 0.340 e. The summed E-state index contributed by atoms with van der Waals surface area (Å²) in [5.74, 6) is 0.973. The van der Waals surface area contributed by atoms with Gasteiger partial charge < -0.3 is 18.8 Å². The fraction of sp³-hybridized carbons (Fsp3) is 0.192. The van der Waals surface area contributed by atoms with E-state index in [0.29, 0.717) is 17.0 Å². The Morgan fingerprint density at radius 2 is 1.75 bits per heavy atom. The number of aromatic nitrogens is 1. The van der Waals surface area contributed by atoms with E-state index < -0.39 is 0 Å². The molecule has 0 bridgehead atoms. The lowest BCUT2D eigenvalue weighted by Crippen LogP contribution is -2.12. The molecule has 1 aromatic heterocycles. The Bertz CT molecular complexity index is 1250. The van der Waals surface area contributed by atoms with Crippen LogP contribution in [-0.2, 0) is 11.3 Å². The van der Waals surface area contributed by atoms with Crippen LogP contribution in [0.1, 0.15) is 28.5 Å². The van der Waals surface area contributed by atoms with Crippen molar-refractivity contribution in [3.63, 3.8) is 0 Å². The van der Waals surface area contributed by atoms with Crippen LogP contribution in [-0.4, -0.2) is 24.3 Å². The van der Waals surface area contributed by atoms with Gasteiger partial charge in [0.25, 0.3) is 0 Å². The van der Waals surface area contributed by atoms with E-state index in [4.69, 9.17) is 14.2 Å². The highest BCUT2D eigenvalue weighted by Crippen LogP contribution is 2.37. The van der Waals surface area contributed by atoms with Crippen molar-refractivity contribution in [3.8, 4) is 17.2 Å². The predicted octanol–water partition coefficient (Wildman–Crippen LogP) is 6.47. The van der Waals surface area contributed by atoms with Crippen LogP contribution in [0.25, 0.3) is 16.6 Å². The van der Waals surface area contributed by atoms with Gasteiger partial charge in [-0.05, 0) is 66.2 Å². The van der Waals surface area contributed by atoms with Crippen LogP contribution in [0.3, 0.4) is 0 Å². The summed E-state index contributed by atoms with van der Waals surface area (Å²) in [4.78, 5) is 13.1. The average Bonchev–Trinajstić information content (AvgIpc) is 3.11. The van der Waals surface area contributed by atoms with Gasteiger partial charge in [-0.2, -0.15) is 0 Å². The van der Waals surface area contributed by atoms with E-state index in [1.807, 2.05) is 78.2 Å². The number of methoxy groups -OCH3 is 1. The van der Waals surface area contributed by atoms with Crippen LogP contribution in [0.15, 0.2) is 71.2 Å². The normalized spacial score (nSPS) is 10.9. The van der Waals surface area contributed by atoms with E-state index >= 15 is 0 Å². The molecule has 0 fully saturated rings. The molecule has 6 heteroatoms. The third-order valence-corrected chi connectivity index (χ3v) is 5.85. The van der Waals surface area contributed by atoms with Gasteiger partial charge >= 0.3 is 5.97 Å². The summed E-state index contributed by atoms with van der Waals surface area (Å²) in [6, 6.07) is 21.5. The quantitative estimate of drug-likeness (QED) is 0.277. The van der Waals surface area contributed by atoms with Gasteiger partial charge in [-0.25, -0.2) is 4.79 Å². The Hall–Kier alpha value is -3.25. The van der Waals surface area contributed by atoms with Crippen LogP contribution in [0, 0.1) is 6.92 Å². The summed E-state index contributed by atoms with van der Waals surface area (Å²) in [6.07, 6.45) is 0. The Balaban J connectivity index is 1.98. The highest BCUT2D eigenvalue weighted by atomic mass is 79.9. The fourth-order valence-corrected chi connectivity index (χ4v) is 4.22. The molecule has 0 aliphatic rings. The number of carbonyl (C=O) groups excluding carboxylic acids is 1. The highest BCUT2D eigenvalue weighted by molar-refractivity contribution is 9.10. The minimum absolute atomic E-state index is 0.195. The van der Waals surface area contributed by atoms with Crippen molar-refractivity contribution < 1.29 is 19.0 Å². The summed E-state index contributed by atoms with van der Waals surface area (Å²) in [6.45, 7) is 4.32. The van der Waals surface area contributed by atoms with Crippen LogP contribution in [0.2, 0.25) is 0 Å². The van der Waals surface area contributed by atoms with E-state index in [-0.39, 0.29) is 19.2 Å². The lowest BCUT2D eigenvalue weighted by atomic mass is 10.1. The largest absolute Gasteiger partial charge is 0.496 e. The number of fused-ring (bicyclic) bond motifs is 1. The molecule has 0 spiro atoms. The number of aryl methyl sites for hydroxylation is 1. The van der Waals surface area contributed by atoms with Crippen molar-refractivity contribution in [2.75, 3.05) is 13.7 Å². The SMILES string of the molecule is CCOC(=O)c1c(COc2ccccc2)n(-c2ccc(C)cc2)c2cc(Br)c(OC)cc12. The molecule has 0 atom stereocenters. The maximum atomic E-state index is 13.1. The van der Waals surface area contributed by atoms with Crippen LogP contribution >= 0.6 is 15.9 Å². The number of para-hydroxylation sites is 1. The van der Waals surface area contributed by atoms with Crippen LogP contribution in [0.4, 0.5) is 0 Å². The lowest BCUT2D eigenvalue weighted by Gasteiger charge is -2.14. The van der Waals surface area contributed by atoms with Gasteiger partial charge in [0.05, 0.1) is 35.0 Å². The summed E-state index contributed by atoms with van der Waals surface area (Å²) < 4.78 is 19.9. The summed E-state index contributed by atoms with van der Waals surface area (Å²) in [7, 11) is 1.60. The molecular weight excluding hydrogens is 470 g/mol. The van der Waals surface area contributed by atoms with E-state index in [2.05, 4.69) is 15.9 Å². The first kappa shape index (κ1) is 22.0. The van der Waals surface area contributed by atoms with E-state index in [1.165, 1.54) is 0 Å². The molecule has 0 saturated heterocycles. The van der Waals surface area contributed by atoms with Gasteiger partial charge in [0.1, 0.15) is 18.1 Å². The summed E-state index contributed by atoms with van der Waals surface area (Å²) in [5, 5.41) is 0.746. The number of esters is 1. The first-order valence-electron chi connectivity index (χ1n) is 10.4. The number of nitrogens with zero attached hydrogens (tertiary/aromatic N) is 1. The Morgan fingerprint density at radius 1 is 1.03 bits per heavy atom. The van der Waals surface area contributed by atoms with Gasteiger partial charge in [0.15, 0.2) is 0 Å². The number of benzene rings is 3. The predicted molar refractivity (Wildman–Crippen MR) is 129 cm³/mol. The summed E-state index contributed by atoms with van der Waals surface area (Å²) in [5.41, 5.74) is 4.13. The molecule has 3 aromatic carbocycles. The second-order valence-electron chi connectivity index (χ2n) is 7.32. The summed E-state index contributed by atoms with van der Waals surface area (Å²) >= 11 is 3.59. The number of hydrogen-bond donors (Lipinski definition) is 0. The number of ether oxygens (including phenoxy) is 3. The monoisotopic (exact) mass is 493 g/mol. The molecule has 32 heavy (non-hydrogen) atoms. The molecule has 4 aromatic rings. The minimum atomic E-state index is -0.389. The first-order chi connectivity index (χ1) is 15.5. The first-order valence-corrected chi connectivity index (χ1v) is 11.2. The van der Waals surface area contributed by atoms with Crippen molar-refractivity contribution in [2.24, 2.45) is 0 Å². The van der Waals surface area contributed by atoms with Crippen LogP contribution in [0.5, 0.6) is 11.5 Å². The highest BCUT2D eigenvalue weighted by Gasteiger charge is 2.26. The number of carbonyl (C=O) groups is 1. The van der Waals surface area contributed by atoms with E-state index in [1.54, 1.807) is 14.0 Å². The van der Waals surface area contributed by atoms with Gasteiger partial charge in [-0.3, -0.25) is 0 Å². The van der Waals surface area contributed by atoms with Crippen molar-refractivity contribution in [3.05, 3.63) is 88.0 Å². The zero-order chi connectivity index (χ0) is 22.7. The van der Waals surface area contributed by atoms with Crippen molar-refractivity contribution in [1.29, 1.82) is 0 Å². The van der Waals surface area contributed by atoms with E-state index in [9.17, 15) is 4.79 Å². The molecule has 0 aliphatic carbocycles. The van der Waals surface area contributed by atoms with Crippen molar-refractivity contribution in [2.45, 2.75) is 20.5 Å². The van der Waals surface area contributed by atoms with Crippen molar-refractivity contribution >= 4 is 32.8 Å². The van der Waals surface area contributed by atoms with Gasteiger partial charge in [-0.15, -0.1) is 0 Å². The Kier molecular flexibility index (Phi) is 6.51.